The Morgan fingerprint density at radius 2 is 2.00 bits per heavy atom. The van der Waals surface area contributed by atoms with Gasteiger partial charge in [-0.05, 0) is 25.8 Å². The zero-order chi connectivity index (χ0) is 14.3. The topological polar surface area (TPSA) is 67.2 Å². The second kappa shape index (κ2) is 4.61. The van der Waals surface area contributed by atoms with Crippen molar-refractivity contribution in [3.05, 3.63) is 17.5 Å². The summed E-state index contributed by atoms with van der Waals surface area (Å²) in [4.78, 5) is 26.1. The summed E-state index contributed by atoms with van der Waals surface area (Å²) in [6.07, 6.45) is 4.67. The number of carbonyl (C=O) groups is 2. The number of aryl methyl sites for hydroxylation is 2. The predicted molar refractivity (Wildman–Crippen MR) is 72.8 cm³/mol. The van der Waals surface area contributed by atoms with E-state index in [4.69, 9.17) is 0 Å². The first-order chi connectivity index (χ1) is 9.53. The molecule has 1 aromatic rings. The summed E-state index contributed by atoms with van der Waals surface area (Å²) < 4.78 is 1.78. The molecular weight excluding hydrogens is 256 g/mol. The lowest BCUT2D eigenvalue weighted by atomic mass is 9.80. The van der Waals surface area contributed by atoms with Crippen LogP contribution in [0.2, 0.25) is 0 Å². The summed E-state index contributed by atoms with van der Waals surface area (Å²) in [5.74, 6) is -0.124. The smallest absolute Gasteiger partial charge is 0.304 e. The number of hydrogen-bond acceptors (Lipinski definition) is 3. The van der Waals surface area contributed by atoms with Gasteiger partial charge in [0.25, 0.3) is 5.91 Å². The zero-order valence-corrected chi connectivity index (χ0v) is 12.0. The lowest BCUT2D eigenvalue weighted by Crippen LogP contribution is -2.50. The third kappa shape index (κ3) is 1.90. The fourth-order valence-corrected chi connectivity index (χ4v) is 3.43. The van der Waals surface area contributed by atoms with E-state index in [9.17, 15) is 9.59 Å². The Balaban J connectivity index is 1.91. The van der Waals surface area contributed by atoms with Crippen molar-refractivity contribution in [2.75, 3.05) is 0 Å². The average Bonchev–Trinajstić information content (AvgIpc) is 2.84. The van der Waals surface area contributed by atoms with E-state index in [0.29, 0.717) is 6.54 Å². The monoisotopic (exact) mass is 276 g/mol. The lowest BCUT2D eigenvalue weighted by molar-refractivity contribution is -0.128. The largest absolute Gasteiger partial charge is 0.325 e. The van der Waals surface area contributed by atoms with E-state index < -0.39 is 5.54 Å². The molecule has 0 bridgehead atoms. The first-order valence-electron chi connectivity index (χ1n) is 7.15. The number of hydrogen-bond donors (Lipinski definition) is 1. The molecule has 1 N–H and O–H groups in total. The van der Waals surface area contributed by atoms with Gasteiger partial charge in [0.15, 0.2) is 0 Å². The van der Waals surface area contributed by atoms with E-state index in [0.717, 1.165) is 43.5 Å². The number of rotatable bonds is 2. The molecule has 6 heteroatoms. The number of amides is 3. The Bertz CT molecular complexity index is 558. The molecule has 1 aliphatic carbocycles. The summed E-state index contributed by atoms with van der Waals surface area (Å²) in [6, 6.07) is 1.70. The molecular formula is C14H20N4O2. The maximum absolute atomic E-state index is 12.3. The molecule has 6 nitrogen and oxygen atoms in total. The Hall–Kier alpha value is -1.85. The fourth-order valence-electron chi connectivity index (χ4n) is 3.43. The highest BCUT2D eigenvalue weighted by Crippen LogP contribution is 2.37. The van der Waals surface area contributed by atoms with Crippen molar-refractivity contribution in [2.45, 2.75) is 51.1 Å². The highest BCUT2D eigenvalue weighted by atomic mass is 16.2. The molecule has 0 radical (unpaired) electrons. The fraction of sp³-hybridized carbons (Fsp3) is 0.643. The number of nitrogens with one attached hydrogen (secondary N) is 1. The minimum atomic E-state index is -0.631. The molecule has 20 heavy (non-hydrogen) atoms. The third-order valence-electron chi connectivity index (χ3n) is 4.50. The van der Waals surface area contributed by atoms with Gasteiger partial charge in [-0.2, -0.15) is 5.10 Å². The molecule has 3 rings (SSSR count). The molecule has 2 fully saturated rings. The van der Waals surface area contributed by atoms with Crippen LogP contribution in [0.25, 0.3) is 0 Å². The second-order valence-electron chi connectivity index (χ2n) is 5.84. The van der Waals surface area contributed by atoms with Crippen LogP contribution in [0.1, 0.15) is 43.5 Å². The molecule has 3 amide bonds. The maximum atomic E-state index is 12.3. The molecule has 1 saturated carbocycles. The highest BCUT2D eigenvalue weighted by molar-refractivity contribution is 6.07. The van der Waals surface area contributed by atoms with Gasteiger partial charge in [-0.25, -0.2) is 4.79 Å². The van der Waals surface area contributed by atoms with Gasteiger partial charge in [0, 0.05) is 7.05 Å². The van der Waals surface area contributed by atoms with Crippen molar-refractivity contribution in [3.63, 3.8) is 0 Å². The molecule has 0 unspecified atom stereocenters. The van der Waals surface area contributed by atoms with Crippen LogP contribution in [-0.4, -0.2) is 32.2 Å². The molecule has 2 aliphatic rings. The molecule has 2 heterocycles. The Labute approximate surface area is 118 Å². The molecule has 0 aromatic carbocycles. The van der Waals surface area contributed by atoms with Gasteiger partial charge < -0.3 is 4.90 Å². The third-order valence-corrected chi connectivity index (χ3v) is 4.50. The first kappa shape index (κ1) is 13.1. The van der Waals surface area contributed by atoms with Crippen LogP contribution < -0.4 is 5.32 Å². The summed E-state index contributed by atoms with van der Waals surface area (Å²) in [6.45, 7) is 2.37. The number of imide groups is 1. The lowest BCUT2D eigenvalue weighted by Gasteiger charge is -2.38. The summed E-state index contributed by atoms with van der Waals surface area (Å²) in [5.41, 5.74) is 1.25. The van der Waals surface area contributed by atoms with E-state index >= 15 is 0 Å². The minimum Gasteiger partial charge on any atom is -0.304 e. The van der Waals surface area contributed by atoms with Gasteiger partial charge >= 0.3 is 6.03 Å². The van der Waals surface area contributed by atoms with Crippen molar-refractivity contribution in [3.8, 4) is 0 Å². The Morgan fingerprint density at radius 1 is 1.30 bits per heavy atom. The molecule has 1 aliphatic heterocycles. The van der Waals surface area contributed by atoms with Gasteiger partial charge in [-0.3, -0.25) is 14.8 Å². The van der Waals surface area contributed by atoms with Crippen LogP contribution in [0.4, 0.5) is 4.79 Å². The van der Waals surface area contributed by atoms with Crippen LogP contribution in [0.15, 0.2) is 6.07 Å². The standard InChI is InChI=1S/C14H20N4O2/c1-10-8-11(17(2)16-10)9-18-13(20)15-12(19)14(18)6-4-3-5-7-14/h8H,3-7,9H2,1-2H3,(H,15,19,20). The molecule has 1 saturated heterocycles. The molecule has 1 spiro atoms. The summed E-state index contributed by atoms with van der Waals surface area (Å²) in [5, 5.41) is 6.80. The number of aromatic nitrogens is 2. The second-order valence-corrected chi connectivity index (χ2v) is 5.84. The van der Waals surface area contributed by atoms with E-state index in [1.807, 2.05) is 20.0 Å². The van der Waals surface area contributed by atoms with Crippen molar-refractivity contribution in [1.29, 1.82) is 0 Å². The Kier molecular flexibility index (Phi) is 3.03. The van der Waals surface area contributed by atoms with Crippen LogP contribution in [0, 0.1) is 6.92 Å². The Morgan fingerprint density at radius 3 is 2.60 bits per heavy atom. The van der Waals surface area contributed by atoms with Gasteiger partial charge in [-0.1, -0.05) is 19.3 Å². The van der Waals surface area contributed by atoms with Crippen LogP contribution >= 0.6 is 0 Å². The normalized spacial score (nSPS) is 21.6. The number of carbonyl (C=O) groups excluding carboxylic acids is 2. The minimum absolute atomic E-state index is 0.124. The quantitative estimate of drug-likeness (QED) is 0.832. The van der Waals surface area contributed by atoms with Crippen molar-refractivity contribution in [2.24, 2.45) is 7.05 Å². The van der Waals surface area contributed by atoms with Crippen molar-refractivity contribution in [1.82, 2.24) is 20.0 Å². The maximum Gasteiger partial charge on any atom is 0.325 e. The van der Waals surface area contributed by atoms with Gasteiger partial charge in [0.2, 0.25) is 0 Å². The van der Waals surface area contributed by atoms with Crippen molar-refractivity contribution >= 4 is 11.9 Å². The average molecular weight is 276 g/mol. The molecule has 108 valence electrons. The number of nitrogens with zero attached hydrogens (tertiary/aromatic N) is 3. The van der Waals surface area contributed by atoms with Crippen LogP contribution in [0.3, 0.4) is 0 Å². The van der Waals surface area contributed by atoms with Gasteiger partial charge in [0.1, 0.15) is 5.54 Å². The van der Waals surface area contributed by atoms with Crippen molar-refractivity contribution < 1.29 is 9.59 Å². The summed E-state index contributed by atoms with van der Waals surface area (Å²) >= 11 is 0. The zero-order valence-electron chi connectivity index (χ0n) is 12.0. The predicted octanol–water partition coefficient (Wildman–Crippen LogP) is 1.48. The van der Waals surface area contributed by atoms with Gasteiger partial charge in [-0.15, -0.1) is 0 Å². The van der Waals surface area contributed by atoms with Crippen LogP contribution in [-0.2, 0) is 18.4 Å². The van der Waals surface area contributed by atoms with E-state index in [1.54, 1.807) is 9.58 Å². The molecule has 1 aromatic heterocycles. The van der Waals surface area contributed by atoms with Crippen LogP contribution in [0.5, 0.6) is 0 Å². The van der Waals surface area contributed by atoms with E-state index in [2.05, 4.69) is 10.4 Å². The SMILES string of the molecule is Cc1cc(CN2C(=O)NC(=O)C23CCCCC3)n(C)n1. The summed E-state index contributed by atoms with van der Waals surface area (Å²) in [7, 11) is 1.87. The van der Waals surface area contributed by atoms with E-state index in [1.165, 1.54) is 0 Å². The van der Waals surface area contributed by atoms with Gasteiger partial charge in [0.05, 0.1) is 17.9 Å². The first-order valence-corrected chi connectivity index (χ1v) is 7.15. The molecule has 0 atom stereocenters. The highest BCUT2D eigenvalue weighted by Gasteiger charge is 2.52. The number of urea groups is 1. The van der Waals surface area contributed by atoms with E-state index in [-0.39, 0.29) is 11.9 Å².